The van der Waals surface area contributed by atoms with Gasteiger partial charge in [0.1, 0.15) is 17.3 Å². The Morgan fingerprint density at radius 2 is 1.91 bits per heavy atom. The normalized spacial score (nSPS) is 10.8. The molecule has 4 aromatic rings. The molecule has 1 N–H and O–H groups in total. The van der Waals surface area contributed by atoms with Crippen molar-refractivity contribution >= 4 is 27.3 Å². The van der Waals surface area contributed by atoms with E-state index in [1.54, 1.807) is 37.6 Å². The molecular formula is C24H21FN2O4S. The number of benzene rings is 2. The van der Waals surface area contributed by atoms with Crippen molar-refractivity contribution < 1.29 is 23.4 Å². The Balaban J connectivity index is 1.44. The first-order valence-corrected chi connectivity index (χ1v) is 10.6. The number of fused-ring (bicyclic) bond motifs is 1. The molecule has 0 bridgehead atoms. The van der Waals surface area contributed by atoms with E-state index in [4.69, 9.17) is 14.2 Å². The molecule has 2 aromatic carbocycles. The summed E-state index contributed by atoms with van der Waals surface area (Å²) in [5, 5.41) is 3.31. The van der Waals surface area contributed by atoms with Gasteiger partial charge in [0.05, 0.1) is 18.6 Å². The van der Waals surface area contributed by atoms with Gasteiger partial charge in [-0.15, -0.1) is 11.3 Å². The molecule has 0 spiro atoms. The smallest absolute Gasteiger partial charge is 0.262 e. The van der Waals surface area contributed by atoms with Gasteiger partial charge in [-0.25, -0.2) is 9.37 Å². The minimum atomic E-state index is -0.360. The molecule has 32 heavy (non-hydrogen) atoms. The summed E-state index contributed by atoms with van der Waals surface area (Å²) in [7, 11) is 3.11. The number of carbonyl (C=O) groups excluding carboxylic acids is 1. The molecule has 0 saturated carbocycles. The van der Waals surface area contributed by atoms with Crippen molar-refractivity contribution in [2.45, 2.75) is 13.2 Å². The first-order chi connectivity index (χ1) is 15.6. The molecular weight excluding hydrogens is 431 g/mol. The molecule has 0 fully saturated rings. The average Bonchev–Trinajstić information content (AvgIpc) is 3.18. The lowest BCUT2D eigenvalue weighted by atomic mass is 10.1. The lowest BCUT2D eigenvalue weighted by Crippen LogP contribution is -2.23. The molecule has 1 amide bonds. The highest BCUT2D eigenvalue weighted by Gasteiger charge is 2.20. The topological polar surface area (TPSA) is 69.7 Å². The van der Waals surface area contributed by atoms with Gasteiger partial charge in [-0.05, 0) is 29.8 Å². The number of hydrogen-bond donors (Lipinski definition) is 1. The lowest BCUT2D eigenvalue weighted by Gasteiger charge is -2.08. The maximum Gasteiger partial charge on any atom is 0.262 e. The first-order valence-electron chi connectivity index (χ1n) is 9.83. The second kappa shape index (κ2) is 9.76. The lowest BCUT2D eigenvalue weighted by molar-refractivity contribution is 0.0950. The highest BCUT2D eigenvalue weighted by Crippen LogP contribution is 2.33. The number of rotatable bonds is 8. The third kappa shape index (κ3) is 4.71. The first kappa shape index (κ1) is 21.7. The van der Waals surface area contributed by atoms with E-state index >= 15 is 0 Å². The van der Waals surface area contributed by atoms with Crippen LogP contribution in [-0.4, -0.2) is 25.1 Å². The molecule has 0 unspecified atom stereocenters. The van der Waals surface area contributed by atoms with E-state index in [-0.39, 0.29) is 24.9 Å². The molecule has 4 rings (SSSR count). The number of pyridine rings is 1. The van der Waals surface area contributed by atoms with Crippen LogP contribution in [0.2, 0.25) is 0 Å². The quantitative estimate of drug-likeness (QED) is 0.392. The summed E-state index contributed by atoms with van der Waals surface area (Å²) in [4.78, 5) is 17.6. The van der Waals surface area contributed by atoms with Gasteiger partial charge >= 0.3 is 0 Å². The number of amides is 1. The minimum Gasteiger partial charge on any atom is -0.497 e. The maximum atomic E-state index is 14.3. The fourth-order valence-electron chi connectivity index (χ4n) is 3.26. The number of halogens is 1. The fraction of sp³-hybridized carbons (Fsp3) is 0.167. The number of thiophene rings is 1. The van der Waals surface area contributed by atoms with Crippen molar-refractivity contribution in [3.8, 4) is 17.4 Å². The van der Waals surface area contributed by atoms with Crippen molar-refractivity contribution in [3.05, 3.63) is 82.6 Å². The second-order valence-corrected chi connectivity index (χ2v) is 7.98. The Kier molecular flexibility index (Phi) is 6.63. The molecule has 0 atom stereocenters. The number of carbonyl (C=O) groups is 1. The summed E-state index contributed by atoms with van der Waals surface area (Å²) in [5.41, 5.74) is 1.36. The zero-order valence-electron chi connectivity index (χ0n) is 17.6. The number of nitrogens with one attached hydrogen (secondary N) is 1. The standard InChI is InChI=1S/C24H21FN2O4S/c1-29-14-18-22-19(25)7-4-8-20(22)32-23(18)24(28)27-13-15-9-10-21(26-12-15)31-17-6-3-5-16(11-17)30-2/h3-12H,13-14H2,1-2H3,(H,27,28). The van der Waals surface area contributed by atoms with Crippen molar-refractivity contribution in [2.24, 2.45) is 0 Å². The van der Waals surface area contributed by atoms with Gasteiger partial charge in [-0.2, -0.15) is 0 Å². The van der Waals surface area contributed by atoms with Crippen LogP contribution in [0.15, 0.2) is 60.8 Å². The van der Waals surface area contributed by atoms with Crippen LogP contribution in [0, 0.1) is 5.82 Å². The zero-order chi connectivity index (χ0) is 22.5. The van der Waals surface area contributed by atoms with Gasteiger partial charge in [-0.1, -0.05) is 18.2 Å². The number of ether oxygens (including phenoxy) is 3. The van der Waals surface area contributed by atoms with E-state index in [0.29, 0.717) is 37.9 Å². The monoisotopic (exact) mass is 452 g/mol. The summed E-state index contributed by atoms with van der Waals surface area (Å²) in [6.45, 7) is 0.427. The SMILES string of the molecule is COCc1c(C(=O)NCc2ccc(Oc3cccc(OC)c3)nc2)sc2cccc(F)c12. The Hall–Kier alpha value is -3.49. The van der Waals surface area contributed by atoms with E-state index in [9.17, 15) is 9.18 Å². The molecule has 2 aromatic heterocycles. The Labute approximate surface area is 188 Å². The molecule has 0 aliphatic carbocycles. The predicted molar refractivity (Wildman–Crippen MR) is 121 cm³/mol. The van der Waals surface area contributed by atoms with Crippen molar-refractivity contribution in [1.29, 1.82) is 0 Å². The summed E-state index contributed by atoms with van der Waals surface area (Å²) in [5.74, 6) is 1.09. The van der Waals surface area contributed by atoms with Crippen LogP contribution in [0.4, 0.5) is 4.39 Å². The number of nitrogens with zero attached hydrogens (tertiary/aromatic N) is 1. The second-order valence-electron chi connectivity index (χ2n) is 6.92. The highest BCUT2D eigenvalue weighted by atomic mass is 32.1. The Morgan fingerprint density at radius 1 is 1.09 bits per heavy atom. The van der Waals surface area contributed by atoms with Crippen LogP contribution in [0.1, 0.15) is 20.8 Å². The van der Waals surface area contributed by atoms with E-state index in [1.165, 1.54) is 24.5 Å². The predicted octanol–water partition coefficient (Wildman–Crippen LogP) is 5.31. The van der Waals surface area contributed by atoms with Crippen molar-refractivity contribution in [3.63, 3.8) is 0 Å². The summed E-state index contributed by atoms with van der Waals surface area (Å²) < 4.78 is 31.2. The van der Waals surface area contributed by atoms with Crippen LogP contribution in [0.25, 0.3) is 10.1 Å². The molecule has 0 aliphatic rings. The zero-order valence-corrected chi connectivity index (χ0v) is 18.4. The van der Waals surface area contributed by atoms with Gasteiger partial charge in [0.15, 0.2) is 0 Å². The van der Waals surface area contributed by atoms with E-state index in [0.717, 1.165) is 5.56 Å². The van der Waals surface area contributed by atoms with Gasteiger partial charge in [-0.3, -0.25) is 4.79 Å². The van der Waals surface area contributed by atoms with E-state index in [1.807, 2.05) is 24.3 Å². The minimum absolute atomic E-state index is 0.154. The largest absolute Gasteiger partial charge is 0.497 e. The van der Waals surface area contributed by atoms with Gasteiger partial charge < -0.3 is 19.5 Å². The van der Waals surface area contributed by atoms with Crippen molar-refractivity contribution in [2.75, 3.05) is 14.2 Å². The molecule has 164 valence electrons. The van der Waals surface area contributed by atoms with Crippen LogP contribution >= 0.6 is 11.3 Å². The van der Waals surface area contributed by atoms with Gasteiger partial charge in [0, 0.05) is 47.6 Å². The molecule has 6 nitrogen and oxygen atoms in total. The molecule has 0 radical (unpaired) electrons. The van der Waals surface area contributed by atoms with Crippen LogP contribution in [0.3, 0.4) is 0 Å². The molecule has 0 saturated heterocycles. The number of aromatic nitrogens is 1. The molecule has 8 heteroatoms. The van der Waals surface area contributed by atoms with Crippen LogP contribution < -0.4 is 14.8 Å². The highest BCUT2D eigenvalue weighted by molar-refractivity contribution is 7.21. The van der Waals surface area contributed by atoms with Gasteiger partial charge in [0.2, 0.25) is 5.88 Å². The third-order valence-corrected chi connectivity index (χ3v) is 5.97. The summed E-state index contributed by atoms with van der Waals surface area (Å²) in [6, 6.07) is 15.6. The molecule has 2 heterocycles. The maximum absolute atomic E-state index is 14.3. The number of hydrogen-bond acceptors (Lipinski definition) is 6. The molecule has 0 aliphatic heterocycles. The van der Waals surface area contributed by atoms with E-state index < -0.39 is 0 Å². The summed E-state index contributed by atoms with van der Waals surface area (Å²) >= 11 is 1.25. The van der Waals surface area contributed by atoms with Crippen molar-refractivity contribution in [1.82, 2.24) is 10.3 Å². The Morgan fingerprint density at radius 3 is 2.66 bits per heavy atom. The average molecular weight is 453 g/mol. The number of methoxy groups -OCH3 is 2. The third-order valence-electron chi connectivity index (χ3n) is 4.77. The van der Waals surface area contributed by atoms with E-state index in [2.05, 4.69) is 10.3 Å². The summed E-state index contributed by atoms with van der Waals surface area (Å²) in [6.07, 6.45) is 1.64. The fourth-order valence-corrected chi connectivity index (χ4v) is 4.40. The van der Waals surface area contributed by atoms with Gasteiger partial charge in [0.25, 0.3) is 5.91 Å². The van der Waals surface area contributed by atoms with Crippen LogP contribution in [-0.2, 0) is 17.9 Å². The van der Waals surface area contributed by atoms with Crippen LogP contribution in [0.5, 0.6) is 17.4 Å². The Bertz CT molecular complexity index is 1240.